The molecular formula is C39H59N11O14. The van der Waals surface area contributed by atoms with Gasteiger partial charge in [-0.2, -0.15) is 0 Å². The van der Waals surface area contributed by atoms with Crippen molar-refractivity contribution in [3.63, 3.8) is 0 Å². The lowest BCUT2D eigenvalue weighted by molar-refractivity contribution is -0.150. The molecule has 0 spiro atoms. The number of aliphatic hydroxyl groups excluding tert-OH is 1. The molecule has 1 aliphatic rings. The first-order chi connectivity index (χ1) is 30.1. The van der Waals surface area contributed by atoms with Gasteiger partial charge in [0.05, 0.1) is 25.6 Å². The van der Waals surface area contributed by atoms with E-state index in [4.69, 9.17) is 22.3 Å². The molecule has 1 aromatic rings. The Morgan fingerprint density at radius 1 is 0.750 bits per heavy atom. The zero-order valence-electron chi connectivity index (χ0n) is 35.5. The van der Waals surface area contributed by atoms with Crippen LogP contribution >= 0.6 is 0 Å². The van der Waals surface area contributed by atoms with Gasteiger partial charge in [0.15, 0.2) is 5.96 Å². The van der Waals surface area contributed by atoms with Gasteiger partial charge in [-0.05, 0) is 43.6 Å². The van der Waals surface area contributed by atoms with E-state index in [0.29, 0.717) is 12.0 Å². The standard InChI is InChI=1S/C39H59N11O14/c1-20(2)31(40)36(61)46-23(12-13-29(53)54)34(59)49-26(19-51)32(57)44-18-28(52)45-22(10-6-14-43-39(41)42)33(58)47-24(16-21-8-4-3-5-9-21)35(60)48-25(17-30(55)56)37(62)50-15-7-11-27(50)38(63)64/h3-5,8-9,20,22-27,31,51H,6-7,10-19,40H2,1-2H3,(H,44,57)(H,45,52)(H,46,61)(H,47,58)(H,48,60)(H,49,59)(H,53,54)(H,55,56)(H,63,64)(H4,41,42,43)/t22-,23-,24-,25-,26-,27-,31-/m0/s1. The third kappa shape index (κ3) is 18.2. The number of carboxylic acids is 3. The summed E-state index contributed by atoms with van der Waals surface area (Å²) in [7, 11) is 0. The molecule has 7 amide bonds. The van der Waals surface area contributed by atoms with Gasteiger partial charge >= 0.3 is 17.9 Å². The normalized spacial score (nSPS) is 16.1. The third-order valence-electron chi connectivity index (χ3n) is 9.87. The molecule has 25 heteroatoms. The highest BCUT2D eigenvalue weighted by Crippen LogP contribution is 2.19. The lowest BCUT2D eigenvalue weighted by Crippen LogP contribution is -2.59. The summed E-state index contributed by atoms with van der Waals surface area (Å²) < 4.78 is 0. The Bertz CT molecular complexity index is 1860. The molecule has 1 aliphatic heterocycles. The molecule has 0 unspecified atom stereocenters. The van der Waals surface area contributed by atoms with E-state index in [2.05, 4.69) is 36.9 Å². The van der Waals surface area contributed by atoms with Gasteiger partial charge in [-0.15, -0.1) is 0 Å². The van der Waals surface area contributed by atoms with Crippen molar-refractivity contribution in [1.29, 1.82) is 0 Å². The molecule has 16 N–H and O–H groups in total. The zero-order valence-corrected chi connectivity index (χ0v) is 35.5. The molecular weight excluding hydrogens is 846 g/mol. The van der Waals surface area contributed by atoms with E-state index in [0.717, 1.165) is 4.90 Å². The molecule has 64 heavy (non-hydrogen) atoms. The van der Waals surface area contributed by atoms with Crippen LogP contribution in [0.2, 0.25) is 0 Å². The number of aliphatic hydroxyl groups is 1. The number of hydrogen-bond acceptors (Lipinski definition) is 13. The number of nitrogens with one attached hydrogen (secondary N) is 6. The van der Waals surface area contributed by atoms with E-state index in [1.807, 2.05) is 0 Å². The van der Waals surface area contributed by atoms with Gasteiger partial charge in [-0.25, -0.2) is 4.79 Å². The first kappa shape index (κ1) is 53.2. The number of nitrogens with zero attached hydrogens (tertiary/aromatic N) is 2. The summed E-state index contributed by atoms with van der Waals surface area (Å²) in [4.78, 5) is 133. The van der Waals surface area contributed by atoms with E-state index in [1.54, 1.807) is 44.2 Å². The molecule has 1 aromatic carbocycles. The van der Waals surface area contributed by atoms with E-state index >= 15 is 0 Å². The maximum Gasteiger partial charge on any atom is 0.326 e. The number of nitrogens with two attached hydrogens (primary N) is 3. The molecule has 1 heterocycles. The van der Waals surface area contributed by atoms with Gasteiger partial charge in [0.2, 0.25) is 41.4 Å². The average molecular weight is 906 g/mol. The molecule has 0 aliphatic carbocycles. The number of carbonyl (C=O) groups excluding carboxylic acids is 7. The number of aliphatic carboxylic acids is 3. The highest BCUT2D eigenvalue weighted by molar-refractivity contribution is 5.98. The highest BCUT2D eigenvalue weighted by atomic mass is 16.4. The molecule has 0 bridgehead atoms. The number of guanidine groups is 1. The maximum absolute atomic E-state index is 13.9. The quantitative estimate of drug-likeness (QED) is 0.0224. The topological polar surface area (TPSA) is 417 Å². The maximum atomic E-state index is 13.9. The van der Waals surface area contributed by atoms with Crippen LogP contribution in [0.25, 0.3) is 0 Å². The minimum Gasteiger partial charge on any atom is -0.481 e. The molecule has 354 valence electrons. The van der Waals surface area contributed by atoms with Crippen LogP contribution in [-0.2, 0) is 54.4 Å². The minimum absolute atomic E-state index is 0.00529. The molecule has 0 aromatic heterocycles. The van der Waals surface area contributed by atoms with Gasteiger partial charge in [0.1, 0.15) is 36.3 Å². The number of aliphatic imine (C=N–C) groups is 1. The monoisotopic (exact) mass is 905 g/mol. The fraction of sp³-hybridized carbons (Fsp3) is 0.564. The van der Waals surface area contributed by atoms with Crippen molar-refractivity contribution >= 4 is 65.2 Å². The predicted octanol–water partition coefficient (Wildman–Crippen LogP) is -4.79. The summed E-state index contributed by atoms with van der Waals surface area (Å²) >= 11 is 0. The van der Waals surface area contributed by atoms with Crippen molar-refractivity contribution in [2.45, 2.75) is 108 Å². The van der Waals surface area contributed by atoms with Crippen LogP contribution in [0.1, 0.15) is 64.4 Å². The smallest absolute Gasteiger partial charge is 0.326 e. The first-order valence-corrected chi connectivity index (χ1v) is 20.4. The Morgan fingerprint density at radius 3 is 1.89 bits per heavy atom. The van der Waals surface area contributed by atoms with Crippen molar-refractivity contribution < 1.29 is 68.4 Å². The fourth-order valence-electron chi connectivity index (χ4n) is 6.35. The second-order valence-electron chi connectivity index (χ2n) is 15.2. The summed E-state index contributed by atoms with van der Waals surface area (Å²) in [6, 6.07) is -1.87. The SMILES string of the molecule is CC(C)[C@H](N)C(=O)N[C@@H](CCC(=O)O)C(=O)N[C@@H](CO)C(=O)NCC(=O)N[C@@H](CCCN=C(N)N)C(=O)N[C@@H](Cc1ccccc1)C(=O)N[C@@H](CC(=O)O)C(=O)N1CCC[C@H]1C(=O)O. The van der Waals surface area contributed by atoms with Crippen LogP contribution in [0, 0.1) is 5.92 Å². The van der Waals surface area contributed by atoms with Crippen LogP contribution in [0.3, 0.4) is 0 Å². The molecule has 1 fully saturated rings. The number of amides is 7. The van der Waals surface area contributed by atoms with E-state index in [9.17, 15) is 63.3 Å². The van der Waals surface area contributed by atoms with E-state index < -0.39 is 134 Å². The summed E-state index contributed by atoms with van der Waals surface area (Å²) in [6.07, 6.45) is -1.67. The Morgan fingerprint density at radius 2 is 1.33 bits per heavy atom. The molecule has 1 saturated heterocycles. The Labute approximate surface area is 367 Å². The number of rotatable bonds is 27. The second kappa shape index (κ2) is 26.6. The van der Waals surface area contributed by atoms with Gasteiger partial charge < -0.3 is 74.4 Å². The number of benzene rings is 1. The van der Waals surface area contributed by atoms with Gasteiger partial charge in [0.25, 0.3) is 0 Å². The fourth-order valence-corrected chi connectivity index (χ4v) is 6.35. The number of likely N-dealkylation sites (tertiary alicyclic amines) is 1. The van der Waals surface area contributed by atoms with Crippen molar-refractivity contribution in [1.82, 2.24) is 36.8 Å². The lowest BCUT2D eigenvalue weighted by atomic mass is 10.0. The van der Waals surface area contributed by atoms with Gasteiger partial charge in [-0.3, -0.25) is 48.1 Å². The Hall–Kier alpha value is -6.89. The van der Waals surface area contributed by atoms with Crippen LogP contribution in [0.5, 0.6) is 0 Å². The van der Waals surface area contributed by atoms with Gasteiger partial charge in [0, 0.05) is 25.9 Å². The Kier molecular flexibility index (Phi) is 22.1. The second-order valence-corrected chi connectivity index (χ2v) is 15.2. The van der Waals surface area contributed by atoms with Crippen LogP contribution in [0.4, 0.5) is 0 Å². The largest absolute Gasteiger partial charge is 0.481 e. The van der Waals surface area contributed by atoms with Crippen LogP contribution < -0.4 is 49.1 Å². The number of hydrogen-bond donors (Lipinski definition) is 13. The molecule has 0 saturated carbocycles. The predicted molar refractivity (Wildman–Crippen MR) is 224 cm³/mol. The molecule has 0 radical (unpaired) electrons. The van der Waals surface area contributed by atoms with Crippen molar-refractivity contribution in [2.75, 3.05) is 26.2 Å². The van der Waals surface area contributed by atoms with Crippen molar-refractivity contribution in [3.8, 4) is 0 Å². The number of carboxylic acid groups (broad SMARTS) is 3. The van der Waals surface area contributed by atoms with Crippen molar-refractivity contribution in [2.24, 2.45) is 28.1 Å². The summed E-state index contributed by atoms with van der Waals surface area (Å²) in [5, 5.41) is 52.3. The summed E-state index contributed by atoms with van der Waals surface area (Å²) in [6.45, 7) is 1.46. The van der Waals surface area contributed by atoms with Gasteiger partial charge in [-0.1, -0.05) is 44.2 Å². The first-order valence-electron chi connectivity index (χ1n) is 20.4. The highest BCUT2D eigenvalue weighted by Gasteiger charge is 2.39. The Balaban J connectivity index is 2.28. The lowest BCUT2D eigenvalue weighted by Gasteiger charge is -2.28. The molecule has 7 atom stereocenters. The summed E-state index contributed by atoms with van der Waals surface area (Å²) in [5.74, 6) is -11.4. The minimum atomic E-state index is -1.72. The summed E-state index contributed by atoms with van der Waals surface area (Å²) in [5.41, 5.74) is 17.2. The molecule has 2 rings (SSSR count). The van der Waals surface area contributed by atoms with E-state index in [-0.39, 0.29) is 50.7 Å². The van der Waals surface area contributed by atoms with E-state index in [1.165, 1.54) is 0 Å². The zero-order chi connectivity index (χ0) is 48.1. The van der Waals surface area contributed by atoms with Crippen LogP contribution in [-0.4, -0.2) is 159 Å². The average Bonchev–Trinajstić information content (AvgIpc) is 3.74. The van der Waals surface area contributed by atoms with Crippen LogP contribution in [0.15, 0.2) is 35.3 Å². The number of carbonyl (C=O) groups is 10. The molecule has 25 nitrogen and oxygen atoms in total. The third-order valence-corrected chi connectivity index (χ3v) is 9.87. The van der Waals surface area contributed by atoms with Crippen molar-refractivity contribution in [3.05, 3.63) is 35.9 Å².